The van der Waals surface area contributed by atoms with Gasteiger partial charge in [0.05, 0.1) is 13.2 Å². The summed E-state index contributed by atoms with van der Waals surface area (Å²) in [6.45, 7) is 1.62. The topological polar surface area (TPSA) is 71.5 Å². The van der Waals surface area contributed by atoms with Gasteiger partial charge in [-0.15, -0.1) is 11.6 Å². The molecule has 1 aromatic rings. The van der Waals surface area contributed by atoms with E-state index < -0.39 is 10.0 Å². The number of ether oxygens (including phenoxy) is 1. The Labute approximate surface area is 118 Å². The number of hydrogen-bond acceptors (Lipinski definition) is 5. The molecule has 0 unspecified atom stereocenters. The number of halogens is 1. The second-order valence-electron chi connectivity index (χ2n) is 3.89. The van der Waals surface area contributed by atoms with Crippen LogP contribution in [0.15, 0.2) is 23.2 Å². The third kappa shape index (κ3) is 4.94. The fourth-order valence-corrected chi connectivity index (χ4v) is 2.21. The lowest BCUT2D eigenvalue weighted by Gasteiger charge is -2.11. The number of rotatable bonds is 8. The summed E-state index contributed by atoms with van der Waals surface area (Å²) >= 11 is 5.46. The van der Waals surface area contributed by atoms with Crippen molar-refractivity contribution >= 4 is 27.4 Å². The summed E-state index contributed by atoms with van der Waals surface area (Å²) in [5.41, 5.74) is 0. The third-order valence-corrected chi connectivity index (χ3v) is 4.24. The summed E-state index contributed by atoms with van der Waals surface area (Å²) in [5.74, 6) is 1.07. The highest BCUT2D eigenvalue weighted by Gasteiger charge is 2.17. The van der Waals surface area contributed by atoms with E-state index in [1.807, 2.05) is 0 Å². The summed E-state index contributed by atoms with van der Waals surface area (Å²) in [4.78, 5) is 4.21. The number of nitrogens with one attached hydrogen (secondary N) is 1. The van der Waals surface area contributed by atoms with Gasteiger partial charge in [0.2, 0.25) is 10.0 Å². The molecule has 1 rings (SSSR count). The van der Waals surface area contributed by atoms with Crippen LogP contribution in [0.5, 0.6) is 0 Å². The molecule has 1 heterocycles. The average molecular weight is 308 g/mol. The van der Waals surface area contributed by atoms with E-state index in [9.17, 15) is 8.42 Å². The molecule has 0 amide bonds. The van der Waals surface area contributed by atoms with E-state index >= 15 is 0 Å². The summed E-state index contributed by atoms with van der Waals surface area (Å²) in [6.07, 6.45) is 1.33. The van der Waals surface area contributed by atoms with E-state index in [0.717, 1.165) is 4.31 Å². The van der Waals surface area contributed by atoms with Crippen LogP contribution in [0.2, 0.25) is 0 Å². The largest absolute Gasteiger partial charge is 0.378 e. The van der Waals surface area contributed by atoms with Crippen molar-refractivity contribution < 1.29 is 13.2 Å². The van der Waals surface area contributed by atoms with E-state index in [4.69, 9.17) is 16.3 Å². The molecule has 0 fully saturated rings. The molecule has 19 heavy (non-hydrogen) atoms. The zero-order chi connectivity index (χ0) is 14.3. The van der Waals surface area contributed by atoms with Crippen molar-refractivity contribution in [2.75, 3.05) is 45.1 Å². The molecule has 0 saturated carbocycles. The highest BCUT2D eigenvalue weighted by atomic mass is 35.5. The Balaban J connectivity index is 2.53. The molecule has 0 saturated heterocycles. The first kappa shape index (κ1) is 16.2. The van der Waals surface area contributed by atoms with E-state index in [2.05, 4.69) is 10.3 Å². The Morgan fingerprint density at radius 1 is 1.37 bits per heavy atom. The summed E-state index contributed by atoms with van der Waals surface area (Å²) in [6, 6.07) is 3.14. The van der Waals surface area contributed by atoms with E-state index in [1.54, 1.807) is 6.07 Å². The van der Waals surface area contributed by atoms with Crippen LogP contribution in [0.3, 0.4) is 0 Å². The van der Waals surface area contributed by atoms with Gasteiger partial charge in [0.15, 0.2) is 0 Å². The number of aromatic nitrogens is 1. The lowest BCUT2D eigenvalue weighted by atomic mass is 10.4. The Bertz CT molecular complexity index is 476. The van der Waals surface area contributed by atoms with Gasteiger partial charge >= 0.3 is 0 Å². The van der Waals surface area contributed by atoms with Crippen LogP contribution in [0.4, 0.5) is 5.82 Å². The van der Waals surface area contributed by atoms with Crippen LogP contribution < -0.4 is 5.32 Å². The lowest BCUT2D eigenvalue weighted by molar-refractivity contribution is 0.160. The molecular formula is C11H18ClN3O3S. The molecule has 1 N–H and O–H groups in total. The quantitative estimate of drug-likeness (QED) is 0.573. The minimum atomic E-state index is -3.42. The van der Waals surface area contributed by atoms with Crippen LogP contribution in [-0.2, 0) is 14.8 Å². The average Bonchev–Trinajstić information content (AvgIpc) is 2.39. The third-order valence-electron chi connectivity index (χ3n) is 2.29. The van der Waals surface area contributed by atoms with Gasteiger partial charge in [-0.1, -0.05) is 0 Å². The fourth-order valence-electron chi connectivity index (χ4n) is 1.26. The van der Waals surface area contributed by atoms with Gasteiger partial charge in [0.25, 0.3) is 0 Å². The van der Waals surface area contributed by atoms with Crippen molar-refractivity contribution in [3.05, 3.63) is 18.3 Å². The summed E-state index contributed by atoms with van der Waals surface area (Å²) in [7, 11) is -0.459. The highest BCUT2D eigenvalue weighted by Crippen LogP contribution is 2.13. The molecule has 8 heteroatoms. The van der Waals surface area contributed by atoms with Crippen molar-refractivity contribution in [3.63, 3.8) is 0 Å². The maximum Gasteiger partial charge on any atom is 0.244 e. The van der Waals surface area contributed by atoms with Gasteiger partial charge in [-0.05, 0) is 12.1 Å². The van der Waals surface area contributed by atoms with Gasteiger partial charge in [-0.25, -0.2) is 17.7 Å². The molecule has 0 spiro atoms. The zero-order valence-corrected chi connectivity index (χ0v) is 12.5. The second-order valence-corrected chi connectivity index (χ2v) is 6.42. The van der Waals surface area contributed by atoms with Gasteiger partial charge in [-0.2, -0.15) is 0 Å². The smallest absolute Gasteiger partial charge is 0.244 e. The first-order valence-electron chi connectivity index (χ1n) is 5.74. The summed E-state index contributed by atoms with van der Waals surface area (Å²) < 4.78 is 30.0. The molecule has 6 nitrogen and oxygen atoms in total. The van der Waals surface area contributed by atoms with Gasteiger partial charge in [0, 0.05) is 32.7 Å². The van der Waals surface area contributed by atoms with Crippen LogP contribution in [0.1, 0.15) is 0 Å². The SMILES string of the molecule is CN(C)S(=O)(=O)c1ccc(NCCOCCCl)nc1. The molecule has 0 atom stereocenters. The molecule has 108 valence electrons. The van der Waals surface area contributed by atoms with Crippen molar-refractivity contribution in [2.45, 2.75) is 4.90 Å². The number of hydrogen-bond donors (Lipinski definition) is 1. The molecule has 1 aromatic heterocycles. The molecule has 0 radical (unpaired) electrons. The predicted molar refractivity (Wildman–Crippen MR) is 75.1 cm³/mol. The molecule has 0 bridgehead atoms. The van der Waals surface area contributed by atoms with Crippen LogP contribution in [-0.4, -0.2) is 57.4 Å². The van der Waals surface area contributed by atoms with Crippen molar-refractivity contribution in [3.8, 4) is 0 Å². The number of nitrogens with zero attached hydrogens (tertiary/aromatic N) is 2. The van der Waals surface area contributed by atoms with E-state index in [1.165, 1.54) is 26.4 Å². The number of anilines is 1. The monoisotopic (exact) mass is 307 g/mol. The number of sulfonamides is 1. The lowest BCUT2D eigenvalue weighted by Crippen LogP contribution is -2.22. The Morgan fingerprint density at radius 2 is 2.11 bits per heavy atom. The fraction of sp³-hybridized carbons (Fsp3) is 0.545. The van der Waals surface area contributed by atoms with E-state index in [-0.39, 0.29) is 4.90 Å². The Kier molecular flexibility index (Phi) is 6.50. The molecule has 0 aromatic carbocycles. The van der Waals surface area contributed by atoms with Crippen molar-refractivity contribution in [2.24, 2.45) is 0 Å². The first-order valence-corrected chi connectivity index (χ1v) is 7.72. The number of alkyl halides is 1. The minimum absolute atomic E-state index is 0.168. The second kappa shape index (κ2) is 7.64. The van der Waals surface area contributed by atoms with Crippen molar-refractivity contribution in [1.29, 1.82) is 0 Å². The molecule has 0 aliphatic rings. The van der Waals surface area contributed by atoms with Gasteiger partial charge in [-0.3, -0.25) is 0 Å². The van der Waals surface area contributed by atoms with Gasteiger partial charge < -0.3 is 10.1 Å². The number of pyridine rings is 1. The normalized spacial score (nSPS) is 11.8. The summed E-state index contributed by atoms with van der Waals surface area (Å²) in [5, 5.41) is 3.02. The Hall–Kier alpha value is -0.890. The van der Waals surface area contributed by atoms with Crippen molar-refractivity contribution in [1.82, 2.24) is 9.29 Å². The minimum Gasteiger partial charge on any atom is -0.378 e. The molecular weight excluding hydrogens is 290 g/mol. The van der Waals surface area contributed by atoms with E-state index in [0.29, 0.717) is 31.5 Å². The first-order chi connectivity index (χ1) is 8.98. The zero-order valence-electron chi connectivity index (χ0n) is 11.0. The standard InChI is InChI=1S/C11H18ClN3O3S/c1-15(2)19(16,17)10-3-4-11(14-9-10)13-6-8-18-7-5-12/h3-4,9H,5-8H2,1-2H3,(H,13,14). The predicted octanol–water partition coefficient (Wildman–Crippen LogP) is 0.999. The maximum atomic E-state index is 11.8. The van der Waals surface area contributed by atoms with Crippen LogP contribution in [0.25, 0.3) is 0 Å². The Morgan fingerprint density at radius 3 is 2.63 bits per heavy atom. The highest BCUT2D eigenvalue weighted by molar-refractivity contribution is 7.89. The van der Waals surface area contributed by atoms with Gasteiger partial charge in [0.1, 0.15) is 10.7 Å². The molecule has 0 aliphatic heterocycles. The van der Waals surface area contributed by atoms with Crippen LogP contribution in [0, 0.1) is 0 Å². The van der Waals surface area contributed by atoms with Crippen LogP contribution >= 0.6 is 11.6 Å². The maximum absolute atomic E-state index is 11.8. The molecule has 0 aliphatic carbocycles.